The number of phosphoric ester groups is 1. The SMILES string of the molecule is Cc1[nH]c2nc3c(nc(Br)n3[C@@H]3OC4COP(=O)([O-])O[C@H]4C3O)c(=O)n2c1-c1ccccc1.[H+]. The number of hydrogen-bond acceptors (Lipinski definition) is 9. The van der Waals surface area contributed by atoms with Crippen LogP contribution in [-0.2, 0) is 18.3 Å². The van der Waals surface area contributed by atoms with Crippen molar-refractivity contribution in [3.05, 3.63) is 51.1 Å². The average Bonchev–Trinajstić information content (AvgIpc) is 3.39. The molecule has 0 bridgehead atoms. The molecule has 33 heavy (non-hydrogen) atoms. The Labute approximate surface area is 195 Å². The zero-order valence-corrected chi connectivity index (χ0v) is 19.4. The first-order valence-corrected chi connectivity index (χ1v) is 12.2. The first kappa shape index (κ1) is 21.2. The van der Waals surface area contributed by atoms with E-state index < -0.39 is 37.9 Å². The molecule has 0 spiro atoms. The van der Waals surface area contributed by atoms with E-state index >= 15 is 0 Å². The van der Waals surface area contributed by atoms with E-state index in [2.05, 4.69) is 35.4 Å². The lowest BCUT2D eigenvalue weighted by Gasteiger charge is -2.34. The van der Waals surface area contributed by atoms with Crippen LogP contribution in [0.5, 0.6) is 0 Å². The molecule has 14 heteroatoms. The van der Waals surface area contributed by atoms with Crippen LogP contribution >= 0.6 is 23.8 Å². The highest BCUT2D eigenvalue weighted by Crippen LogP contribution is 2.50. The quantitative estimate of drug-likeness (QED) is 0.284. The van der Waals surface area contributed by atoms with E-state index in [0.29, 0.717) is 5.69 Å². The number of hydrogen-bond donors (Lipinski definition) is 2. The number of aliphatic hydroxyl groups is 1. The molecule has 0 saturated carbocycles. The zero-order valence-electron chi connectivity index (χ0n) is 17.9. The summed E-state index contributed by atoms with van der Waals surface area (Å²) in [6.07, 6.45) is -4.47. The third-order valence-electron chi connectivity index (χ3n) is 5.81. The van der Waals surface area contributed by atoms with Gasteiger partial charge in [0.1, 0.15) is 18.3 Å². The molecule has 2 saturated heterocycles. The zero-order chi connectivity index (χ0) is 23.1. The fraction of sp³-hybridized carbons (Fsp3) is 0.316. The van der Waals surface area contributed by atoms with E-state index in [9.17, 15) is 19.4 Å². The summed E-state index contributed by atoms with van der Waals surface area (Å²) in [5, 5.41) is 10.8. The molecule has 0 radical (unpaired) electrons. The lowest BCUT2D eigenvalue weighted by atomic mass is 10.1. The molecule has 5 atom stereocenters. The summed E-state index contributed by atoms with van der Waals surface area (Å²) in [5.74, 6) is 0.283. The van der Waals surface area contributed by atoms with E-state index in [1.54, 1.807) is 0 Å². The molecule has 2 aliphatic rings. The Hall–Kier alpha value is -2.38. The predicted octanol–water partition coefficient (Wildman–Crippen LogP) is 1.36. The molecular formula is C19H17BrN5O7P. The summed E-state index contributed by atoms with van der Waals surface area (Å²) in [4.78, 5) is 37.2. The average molecular weight is 538 g/mol. The minimum Gasteiger partial charge on any atom is -0.756 e. The van der Waals surface area contributed by atoms with Crippen molar-refractivity contribution in [2.75, 3.05) is 6.61 Å². The van der Waals surface area contributed by atoms with Gasteiger partial charge >= 0.3 is 1.43 Å². The minimum absolute atomic E-state index is 0. The first-order chi connectivity index (χ1) is 15.7. The van der Waals surface area contributed by atoms with E-state index in [1.165, 1.54) is 8.97 Å². The van der Waals surface area contributed by atoms with Crippen molar-refractivity contribution < 1.29 is 29.8 Å². The van der Waals surface area contributed by atoms with Crippen LogP contribution in [0, 0.1) is 6.92 Å². The third-order valence-corrected chi connectivity index (χ3v) is 7.34. The number of aliphatic hydroxyl groups excluding tert-OH is 1. The first-order valence-electron chi connectivity index (χ1n) is 9.97. The van der Waals surface area contributed by atoms with Gasteiger partial charge in [-0.15, -0.1) is 0 Å². The van der Waals surface area contributed by atoms with Gasteiger partial charge in [-0.3, -0.25) is 13.9 Å². The molecule has 1 aromatic carbocycles. The van der Waals surface area contributed by atoms with Gasteiger partial charge in [0.05, 0.1) is 12.3 Å². The van der Waals surface area contributed by atoms with Gasteiger partial charge in [0.15, 0.2) is 22.1 Å². The molecule has 2 N–H and O–H groups in total. The van der Waals surface area contributed by atoms with E-state index in [4.69, 9.17) is 9.26 Å². The monoisotopic (exact) mass is 537 g/mol. The van der Waals surface area contributed by atoms with Crippen LogP contribution < -0.4 is 10.5 Å². The second-order valence-electron chi connectivity index (χ2n) is 7.83. The Balaban J connectivity index is 0.00000241. The summed E-state index contributed by atoms with van der Waals surface area (Å²) in [5.41, 5.74) is 2.03. The van der Waals surface area contributed by atoms with Crippen LogP contribution in [-0.4, -0.2) is 53.9 Å². The largest absolute Gasteiger partial charge is 1.00 e. The Morgan fingerprint density at radius 2 is 2.09 bits per heavy atom. The fourth-order valence-corrected chi connectivity index (χ4v) is 5.89. The molecule has 2 aliphatic heterocycles. The molecule has 0 amide bonds. The molecule has 6 rings (SSSR count). The van der Waals surface area contributed by atoms with Crippen molar-refractivity contribution in [3.8, 4) is 11.3 Å². The molecule has 3 unspecified atom stereocenters. The Bertz CT molecular complexity index is 1520. The highest BCUT2D eigenvalue weighted by molar-refractivity contribution is 9.10. The van der Waals surface area contributed by atoms with Gasteiger partial charge in [0, 0.05) is 11.3 Å². The number of nitrogens with zero attached hydrogens (tertiary/aromatic N) is 4. The van der Waals surface area contributed by atoms with Crippen LogP contribution in [0.4, 0.5) is 0 Å². The van der Waals surface area contributed by atoms with Crippen molar-refractivity contribution in [2.45, 2.75) is 31.5 Å². The highest BCUT2D eigenvalue weighted by Gasteiger charge is 2.51. The summed E-state index contributed by atoms with van der Waals surface area (Å²) < 4.78 is 30.1. The maximum absolute atomic E-state index is 13.5. The Morgan fingerprint density at radius 1 is 1.33 bits per heavy atom. The summed E-state index contributed by atoms with van der Waals surface area (Å²) in [6, 6.07) is 9.42. The van der Waals surface area contributed by atoms with Crippen molar-refractivity contribution in [1.82, 2.24) is 23.9 Å². The molecular weight excluding hydrogens is 521 g/mol. The van der Waals surface area contributed by atoms with Crippen molar-refractivity contribution in [1.29, 1.82) is 0 Å². The van der Waals surface area contributed by atoms with E-state index in [-0.39, 0.29) is 29.7 Å². The number of fused-ring (bicyclic) bond motifs is 3. The van der Waals surface area contributed by atoms with E-state index in [1.807, 2.05) is 37.3 Å². The van der Waals surface area contributed by atoms with Crippen LogP contribution in [0.1, 0.15) is 13.3 Å². The number of phosphoric acid groups is 1. The van der Waals surface area contributed by atoms with Gasteiger partial charge in [-0.05, 0) is 22.9 Å². The lowest BCUT2D eigenvalue weighted by molar-refractivity contribution is -0.245. The Kier molecular flexibility index (Phi) is 4.69. The number of rotatable bonds is 2. The molecule has 4 aromatic rings. The third kappa shape index (κ3) is 3.16. The van der Waals surface area contributed by atoms with Gasteiger partial charge < -0.3 is 28.8 Å². The number of ether oxygens (including phenoxy) is 1. The van der Waals surface area contributed by atoms with Crippen LogP contribution in [0.15, 0.2) is 39.9 Å². The molecule has 2 fully saturated rings. The van der Waals surface area contributed by atoms with Crippen molar-refractivity contribution in [2.24, 2.45) is 0 Å². The van der Waals surface area contributed by atoms with Crippen LogP contribution in [0.25, 0.3) is 28.2 Å². The second-order valence-corrected chi connectivity index (χ2v) is 9.91. The number of H-pyrrole nitrogens is 1. The maximum Gasteiger partial charge on any atom is 1.00 e. The number of benzene rings is 1. The number of aromatic amines is 1. The second kappa shape index (κ2) is 7.31. The van der Waals surface area contributed by atoms with Gasteiger partial charge in [-0.25, -0.2) is 9.38 Å². The summed E-state index contributed by atoms with van der Waals surface area (Å²) in [7, 11) is -4.53. The van der Waals surface area contributed by atoms with Gasteiger partial charge in [-0.2, -0.15) is 4.98 Å². The smallest absolute Gasteiger partial charge is 0.756 e. The van der Waals surface area contributed by atoms with Gasteiger partial charge in [0.2, 0.25) is 5.78 Å². The van der Waals surface area contributed by atoms with Crippen molar-refractivity contribution in [3.63, 3.8) is 0 Å². The topological polar surface area (TPSA) is 156 Å². The molecule has 3 aromatic heterocycles. The summed E-state index contributed by atoms with van der Waals surface area (Å²) >= 11 is 3.32. The lowest BCUT2D eigenvalue weighted by Crippen LogP contribution is -2.41. The minimum atomic E-state index is -4.53. The van der Waals surface area contributed by atoms with Crippen LogP contribution in [0.2, 0.25) is 0 Å². The number of aromatic nitrogens is 5. The van der Waals surface area contributed by atoms with Crippen LogP contribution in [0.3, 0.4) is 0 Å². The summed E-state index contributed by atoms with van der Waals surface area (Å²) in [6.45, 7) is 1.55. The molecule has 12 nitrogen and oxygen atoms in total. The normalized spacial score (nSPS) is 29.7. The van der Waals surface area contributed by atoms with Crippen molar-refractivity contribution >= 4 is 40.7 Å². The maximum atomic E-state index is 13.5. The molecule has 172 valence electrons. The number of imidazole rings is 2. The fourth-order valence-electron chi connectivity index (χ4n) is 4.39. The van der Waals surface area contributed by atoms with Gasteiger partial charge in [-0.1, -0.05) is 30.3 Å². The Morgan fingerprint density at radius 3 is 2.85 bits per heavy atom. The predicted molar refractivity (Wildman–Crippen MR) is 116 cm³/mol. The molecule has 0 aliphatic carbocycles. The number of aryl methyl sites for hydroxylation is 1. The number of halogens is 1. The number of nitrogens with one attached hydrogen (secondary N) is 1. The van der Waals surface area contributed by atoms with E-state index in [0.717, 1.165) is 11.3 Å². The highest BCUT2D eigenvalue weighted by atomic mass is 79.9. The molecule has 5 heterocycles. The van der Waals surface area contributed by atoms with Gasteiger partial charge in [0.25, 0.3) is 13.4 Å². The standard InChI is InChI=1S/C19H17BrN5O7P/c1-8-12(9-5-3-2-4-6-9)24-16(27)11-15(23-19(24)21-8)25(18(20)22-11)17-13(26)14-10(31-17)7-30-33(28,29)32-14/h2-6,10,13-14,17,26H,7H2,1H3,(H,21,23)(H,28,29)/t10?,13?,14-,17-/m1/s1.